The molecule has 0 bridgehead atoms. The average molecular weight is 284 g/mol. The van der Waals surface area contributed by atoms with Gasteiger partial charge in [0.25, 0.3) is 0 Å². The van der Waals surface area contributed by atoms with Gasteiger partial charge in [-0.1, -0.05) is 18.2 Å². The van der Waals surface area contributed by atoms with Gasteiger partial charge in [-0.05, 0) is 55.9 Å². The van der Waals surface area contributed by atoms with E-state index in [2.05, 4.69) is 48.6 Å². The number of aryl methyl sites for hydroxylation is 2. The topological polar surface area (TPSA) is 55.9 Å². The standard InChI is InChI=1S/C17H24N4/c1-12(2)21-9-8-16(20-21)11-17(19-18)15-7-6-13-4-3-5-14(13)10-15/h6-10,12,17,19H,3-5,11,18H2,1-2H3. The van der Waals surface area contributed by atoms with Crippen molar-refractivity contribution in [1.82, 2.24) is 15.2 Å². The van der Waals surface area contributed by atoms with Gasteiger partial charge < -0.3 is 0 Å². The van der Waals surface area contributed by atoms with Gasteiger partial charge in [-0.25, -0.2) is 0 Å². The number of nitrogens with one attached hydrogen (secondary N) is 1. The third-order valence-corrected chi connectivity index (χ3v) is 4.33. The second-order valence-corrected chi connectivity index (χ2v) is 6.19. The van der Waals surface area contributed by atoms with Gasteiger partial charge in [-0.15, -0.1) is 0 Å². The Labute approximate surface area is 126 Å². The van der Waals surface area contributed by atoms with Crippen LogP contribution in [0.5, 0.6) is 0 Å². The van der Waals surface area contributed by atoms with E-state index >= 15 is 0 Å². The monoisotopic (exact) mass is 284 g/mol. The molecule has 3 rings (SSSR count). The summed E-state index contributed by atoms with van der Waals surface area (Å²) in [4.78, 5) is 0. The van der Waals surface area contributed by atoms with Gasteiger partial charge in [-0.3, -0.25) is 16.0 Å². The van der Waals surface area contributed by atoms with Crippen LogP contribution in [0.4, 0.5) is 0 Å². The molecule has 112 valence electrons. The van der Waals surface area contributed by atoms with Crippen LogP contribution in [0.1, 0.15) is 54.7 Å². The number of nitrogens with zero attached hydrogens (tertiary/aromatic N) is 2. The summed E-state index contributed by atoms with van der Waals surface area (Å²) in [5, 5.41) is 4.62. The fraction of sp³-hybridized carbons (Fsp3) is 0.471. The van der Waals surface area contributed by atoms with Crippen molar-refractivity contribution in [2.24, 2.45) is 5.84 Å². The smallest absolute Gasteiger partial charge is 0.0644 e. The van der Waals surface area contributed by atoms with Gasteiger partial charge in [0.2, 0.25) is 0 Å². The highest BCUT2D eigenvalue weighted by Crippen LogP contribution is 2.26. The van der Waals surface area contributed by atoms with Gasteiger partial charge in [0.1, 0.15) is 0 Å². The van der Waals surface area contributed by atoms with Crippen LogP contribution in [-0.4, -0.2) is 9.78 Å². The van der Waals surface area contributed by atoms with Gasteiger partial charge in [0.05, 0.1) is 11.7 Å². The summed E-state index contributed by atoms with van der Waals surface area (Å²) in [5.74, 6) is 5.78. The summed E-state index contributed by atoms with van der Waals surface area (Å²) in [7, 11) is 0. The van der Waals surface area contributed by atoms with Gasteiger partial charge >= 0.3 is 0 Å². The molecule has 1 atom stereocenters. The Hall–Kier alpha value is -1.65. The molecule has 0 saturated carbocycles. The molecule has 0 aliphatic heterocycles. The Morgan fingerprint density at radius 1 is 1.24 bits per heavy atom. The molecule has 4 heteroatoms. The normalized spacial score (nSPS) is 15.4. The van der Waals surface area contributed by atoms with E-state index in [-0.39, 0.29) is 6.04 Å². The molecule has 1 aliphatic rings. The molecule has 0 fully saturated rings. The van der Waals surface area contributed by atoms with E-state index in [4.69, 9.17) is 5.84 Å². The fourth-order valence-electron chi connectivity index (χ4n) is 3.06. The summed E-state index contributed by atoms with van der Waals surface area (Å²) in [6, 6.07) is 9.36. The molecule has 21 heavy (non-hydrogen) atoms. The summed E-state index contributed by atoms with van der Waals surface area (Å²) < 4.78 is 1.99. The summed E-state index contributed by atoms with van der Waals surface area (Å²) in [5.41, 5.74) is 8.27. The Morgan fingerprint density at radius 3 is 2.76 bits per heavy atom. The Morgan fingerprint density at radius 2 is 2.05 bits per heavy atom. The first-order valence-electron chi connectivity index (χ1n) is 7.79. The lowest BCUT2D eigenvalue weighted by molar-refractivity contribution is 0.506. The molecule has 0 radical (unpaired) electrons. The number of nitrogens with two attached hydrogens (primary N) is 1. The van der Waals surface area contributed by atoms with Crippen LogP contribution in [0, 0.1) is 0 Å². The van der Waals surface area contributed by atoms with Crippen LogP contribution in [-0.2, 0) is 19.3 Å². The molecule has 1 unspecified atom stereocenters. The van der Waals surface area contributed by atoms with E-state index in [0.717, 1.165) is 12.1 Å². The molecule has 0 amide bonds. The first-order valence-corrected chi connectivity index (χ1v) is 7.79. The Bertz CT molecular complexity index is 615. The van der Waals surface area contributed by atoms with Crippen molar-refractivity contribution in [3.8, 4) is 0 Å². The lowest BCUT2D eigenvalue weighted by Crippen LogP contribution is -2.29. The van der Waals surface area contributed by atoms with Crippen LogP contribution < -0.4 is 11.3 Å². The average Bonchev–Trinajstić information content (AvgIpc) is 3.12. The van der Waals surface area contributed by atoms with Crippen molar-refractivity contribution < 1.29 is 0 Å². The highest BCUT2D eigenvalue weighted by molar-refractivity contribution is 5.36. The van der Waals surface area contributed by atoms with E-state index < -0.39 is 0 Å². The molecule has 0 saturated heterocycles. The van der Waals surface area contributed by atoms with E-state index in [0.29, 0.717) is 6.04 Å². The van der Waals surface area contributed by atoms with E-state index in [1.54, 1.807) is 0 Å². The zero-order chi connectivity index (χ0) is 14.8. The van der Waals surface area contributed by atoms with Crippen LogP contribution >= 0.6 is 0 Å². The van der Waals surface area contributed by atoms with Crippen molar-refractivity contribution in [2.75, 3.05) is 0 Å². The first kappa shape index (κ1) is 14.3. The molecule has 1 heterocycles. The van der Waals surface area contributed by atoms with E-state index in [1.165, 1.54) is 36.0 Å². The van der Waals surface area contributed by atoms with Crippen LogP contribution in [0.2, 0.25) is 0 Å². The minimum Gasteiger partial charge on any atom is -0.271 e. The van der Waals surface area contributed by atoms with Crippen molar-refractivity contribution >= 4 is 0 Å². The number of hydrazine groups is 1. The zero-order valence-corrected chi connectivity index (χ0v) is 12.8. The second kappa shape index (κ2) is 6.00. The summed E-state index contributed by atoms with van der Waals surface area (Å²) >= 11 is 0. The summed E-state index contributed by atoms with van der Waals surface area (Å²) in [6.07, 6.45) is 6.54. The van der Waals surface area contributed by atoms with Crippen LogP contribution in [0.25, 0.3) is 0 Å². The first-order chi connectivity index (χ1) is 10.2. The maximum Gasteiger partial charge on any atom is 0.0644 e. The maximum absolute atomic E-state index is 5.78. The Kier molecular flexibility index (Phi) is 4.08. The molecule has 4 nitrogen and oxygen atoms in total. The highest BCUT2D eigenvalue weighted by atomic mass is 15.3. The van der Waals surface area contributed by atoms with Gasteiger partial charge in [-0.2, -0.15) is 5.10 Å². The van der Waals surface area contributed by atoms with Gasteiger partial charge in [0.15, 0.2) is 0 Å². The zero-order valence-electron chi connectivity index (χ0n) is 12.8. The lowest BCUT2D eigenvalue weighted by Gasteiger charge is -2.16. The molecule has 1 aromatic carbocycles. The van der Waals surface area contributed by atoms with Crippen molar-refractivity contribution in [3.63, 3.8) is 0 Å². The van der Waals surface area contributed by atoms with E-state index in [9.17, 15) is 0 Å². The number of aromatic nitrogens is 2. The van der Waals surface area contributed by atoms with Gasteiger partial charge in [0, 0.05) is 18.7 Å². The maximum atomic E-state index is 5.78. The number of hydrogen-bond acceptors (Lipinski definition) is 3. The number of hydrogen-bond donors (Lipinski definition) is 2. The number of fused-ring (bicyclic) bond motifs is 1. The molecular weight excluding hydrogens is 260 g/mol. The van der Waals surface area contributed by atoms with Crippen LogP contribution in [0.3, 0.4) is 0 Å². The highest BCUT2D eigenvalue weighted by Gasteiger charge is 2.17. The number of rotatable bonds is 5. The third-order valence-electron chi connectivity index (χ3n) is 4.33. The second-order valence-electron chi connectivity index (χ2n) is 6.19. The molecule has 3 N–H and O–H groups in total. The third kappa shape index (κ3) is 3.01. The predicted molar refractivity (Wildman–Crippen MR) is 84.8 cm³/mol. The minimum absolute atomic E-state index is 0.117. The van der Waals surface area contributed by atoms with E-state index in [1.807, 2.05) is 10.9 Å². The molecule has 0 spiro atoms. The van der Waals surface area contributed by atoms with Crippen molar-refractivity contribution in [2.45, 2.75) is 51.6 Å². The van der Waals surface area contributed by atoms with Crippen molar-refractivity contribution in [3.05, 3.63) is 52.8 Å². The predicted octanol–water partition coefficient (Wildman–Crippen LogP) is 2.70. The Balaban J connectivity index is 1.78. The largest absolute Gasteiger partial charge is 0.271 e. The van der Waals surface area contributed by atoms with Crippen LogP contribution in [0.15, 0.2) is 30.5 Å². The molecule has 1 aromatic heterocycles. The molecule has 2 aromatic rings. The lowest BCUT2D eigenvalue weighted by atomic mass is 9.98. The number of benzene rings is 1. The van der Waals surface area contributed by atoms with Crippen molar-refractivity contribution in [1.29, 1.82) is 0 Å². The summed E-state index contributed by atoms with van der Waals surface area (Å²) in [6.45, 7) is 4.27. The molecular formula is C17H24N4. The molecule has 1 aliphatic carbocycles. The minimum atomic E-state index is 0.117. The SMILES string of the molecule is CC(C)n1ccc(CC(NN)c2ccc3c(c2)CCC3)n1. The quantitative estimate of drug-likeness (QED) is 0.655. The fourth-order valence-corrected chi connectivity index (χ4v) is 3.06.